The first-order valence-corrected chi connectivity index (χ1v) is 7.58. The zero-order valence-electron chi connectivity index (χ0n) is 12.6. The summed E-state index contributed by atoms with van der Waals surface area (Å²) >= 11 is 0. The maximum absolute atomic E-state index is 5.36. The number of piperidine rings is 1. The number of rotatable bonds is 3. The molecule has 0 amide bonds. The van der Waals surface area contributed by atoms with Crippen LogP contribution in [0.4, 0.5) is 0 Å². The van der Waals surface area contributed by atoms with Gasteiger partial charge in [-0.3, -0.25) is 0 Å². The average molecular weight is 272 g/mol. The summed E-state index contributed by atoms with van der Waals surface area (Å²) in [4.78, 5) is 5.98. The van der Waals surface area contributed by atoms with Crippen LogP contribution in [0.25, 0.3) is 10.9 Å². The van der Waals surface area contributed by atoms with Crippen LogP contribution < -0.4 is 4.74 Å². The molecule has 1 fully saturated rings. The van der Waals surface area contributed by atoms with Crippen molar-refractivity contribution in [2.75, 3.05) is 20.2 Å². The molecule has 1 aromatic carbocycles. The molecule has 0 aliphatic carbocycles. The van der Waals surface area contributed by atoms with Gasteiger partial charge >= 0.3 is 0 Å². The molecule has 0 atom stereocenters. The molecule has 1 saturated heterocycles. The molecule has 1 N–H and O–H groups in total. The van der Waals surface area contributed by atoms with Crippen molar-refractivity contribution in [1.29, 1.82) is 0 Å². The average Bonchev–Trinajstić information content (AvgIpc) is 2.90. The van der Waals surface area contributed by atoms with Crippen molar-refractivity contribution in [2.24, 2.45) is 0 Å². The Kier molecular flexibility index (Phi) is 3.70. The second kappa shape index (κ2) is 5.49. The van der Waals surface area contributed by atoms with E-state index < -0.39 is 0 Å². The van der Waals surface area contributed by atoms with Crippen LogP contribution in [-0.2, 0) is 0 Å². The van der Waals surface area contributed by atoms with Gasteiger partial charge in [0.05, 0.1) is 7.11 Å². The first-order valence-electron chi connectivity index (χ1n) is 7.58. The van der Waals surface area contributed by atoms with E-state index in [9.17, 15) is 0 Å². The minimum Gasteiger partial charge on any atom is -0.497 e. The first kappa shape index (κ1) is 13.5. The molecule has 108 valence electrons. The summed E-state index contributed by atoms with van der Waals surface area (Å²) < 4.78 is 5.36. The van der Waals surface area contributed by atoms with Crippen LogP contribution in [0.3, 0.4) is 0 Å². The molecule has 2 aromatic rings. The fourth-order valence-electron chi connectivity index (χ4n) is 3.31. The first-order chi connectivity index (χ1) is 9.69. The smallest absolute Gasteiger partial charge is 0.119 e. The van der Waals surface area contributed by atoms with Crippen molar-refractivity contribution in [2.45, 2.75) is 38.6 Å². The van der Waals surface area contributed by atoms with Crippen LogP contribution in [0.5, 0.6) is 5.75 Å². The van der Waals surface area contributed by atoms with Crippen LogP contribution in [0.1, 0.15) is 38.2 Å². The SMILES string of the molecule is COc1ccc2[nH]cc(C3CCN(C(C)C)CC3)c2c1. The van der Waals surface area contributed by atoms with Crippen LogP contribution in [0, 0.1) is 0 Å². The zero-order chi connectivity index (χ0) is 14.1. The zero-order valence-corrected chi connectivity index (χ0v) is 12.6. The van der Waals surface area contributed by atoms with Crippen molar-refractivity contribution in [1.82, 2.24) is 9.88 Å². The molecule has 1 aliphatic rings. The number of fused-ring (bicyclic) bond motifs is 1. The second-order valence-electron chi connectivity index (χ2n) is 6.06. The normalized spacial score (nSPS) is 18.0. The van der Waals surface area contributed by atoms with Gasteiger partial charge in [-0.2, -0.15) is 0 Å². The number of hydrogen-bond donors (Lipinski definition) is 1. The molecule has 0 spiro atoms. The number of nitrogens with zero attached hydrogens (tertiary/aromatic N) is 1. The van der Waals surface area contributed by atoms with Gasteiger partial charge in [-0.05, 0) is 69.5 Å². The Labute approximate surface area is 120 Å². The van der Waals surface area contributed by atoms with E-state index in [0.29, 0.717) is 12.0 Å². The van der Waals surface area contributed by atoms with Gasteiger partial charge in [-0.1, -0.05) is 0 Å². The molecule has 0 bridgehead atoms. The maximum Gasteiger partial charge on any atom is 0.119 e. The number of nitrogens with one attached hydrogen (secondary N) is 1. The van der Waals surface area contributed by atoms with E-state index in [4.69, 9.17) is 4.74 Å². The van der Waals surface area contributed by atoms with Gasteiger partial charge in [0.1, 0.15) is 5.75 Å². The van der Waals surface area contributed by atoms with Crippen molar-refractivity contribution in [3.63, 3.8) is 0 Å². The third-order valence-corrected chi connectivity index (χ3v) is 4.62. The van der Waals surface area contributed by atoms with E-state index in [1.54, 1.807) is 7.11 Å². The monoisotopic (exact) mass is 272 g/mol. The number of aromatic amines is 1. The summed E-state index contributed by atoms with van der Waals surface area (Å²) in [6.07, 6.45) is 4.70. The van der Waals surface area contributed by atoms with Crippen molar-refractivity contribution in [3.8, 4) is 5.75 Å². The van der Waals surface area contributed by atoms with E-state index in [1.807, 2.05) is 6.07 Å². The second-order valence-corrected chi connectivity index (χ2v) is 6.06. The number of likely N-dealkylation sites (tertiary alicyclic amines) is 1. The number of hydrogen-bond acceptors (Lipinski definition) is 2. The van der Waals surface area contributed by atoms with Gasteiger partial charge in [-0.15, -0.1) is 0 Å². The fourth-order valence-corrected chi connectivity index (χ4v) is 3.31. The molecule has 3 heteroatoms. The van der Waals surface area contributed by atoms with Crippen LogP contribution in [-0.4, -0.2) is 36.1 Å². The van der Waals surface area contributed by atoms with E-state index in [2.05, 4.69) is 42.1 Å². The molecule has 3 nitrogen and oxygen atoms in total. The van der Waals surface area contributed by atoms with Crippen LogP contribution in [0.2, 0.25) is 0 Å². The Morgan fingerprint density at radius 1 is 1.25 bits per heavy atom. The molecule has 0 saturated carbocycles. The highest BCUT2D eigenvalue weighted by Crippen LogP contribution is 2.34. The van der Waals surface area contributed by atoms with Crippen LogP contribution in [0.15, 0.2) is 24.4 Å². The quantitative estimate of drug-likeness (QED) is 0.921. The Morgan fingerprint density at radius 3 is 2.65 bits per heavy atom. The number of ether oxygens (including phenoxy) is 1. The third kappa shape index (κ3) is 2.42. The lowest BCUT2D eigenvalue weighted by Crippen LogP contribution is -2.37. The number of aromatic nitrogens is 1. The van der Waals surface area contributed by atoms with Crippen LogP contribution >= 0.6 is 0 Å². The van der Waals surface area contributed by atoms with Gasteiger partial charge in [0.15, 0.2) is 0 Å². The summed E-state index contributed by atoms with van der Waals surface area (Å²) in [6.45, 7) is 6.99. The summed E-state index contributed by atoms with van der Waals surface area (Å²) in [7, 11) is 1.73. The van der Waals surface area contributed by atoms with Gasteiger partial charge in [-0.25, -0.2) is 0 Å². The predicted molar refractivity (Wildman–Crippen MR) is 83.5 cm³/mol. The molecular formula is C17H24N2O. The Balaban J connectivity index is 1.84. The van der Waals surface area contributed by atoms with Gasteiger partial charge in [0.25, 0.3) is 0 Å². The molecule has 1 aliphatic heterocycles. The molecule has 3 rings (SSSR count). The lowest BCUT2D eigenvalue weighted by atomic mass is 9.89. The third-order valence-electron chi connectivity index (χ3n) is 4.62. The minimum absolute atomic E-state index is 0.666. The van der Waals surface area contributed by atoms with E-state index in [0.717, 1.165) is 5.75 Å². The van der Waals surface area contributed by atoms with E-state index >= 15 is 0 Å². The molecule has 20 heavy (non-hydrogen) atoms. The summed E-state index contributed by atoms with van der Waals surface area (Å²) in [5.74, 6) is 1.61. The highest BCUT2D eigenvalue weighted by molar-refractivity contribution is 5.85. The predicted octanol–water partition coefficient (Wildman–Crippen LogP) is 3.76. The van der Waals surface area contributed by atoms with Crippen molar-refractivity contribution >= 4 is 10.9 Å². The Hall–Kier alpha value is -1.48. The lowest BCUT2D eigenvalue weighted by Gasteiger charge is -2.34. The number of H-pyrrole nitrogens is 1. The molecule has 0 unspecified atom stereocenters. The minimum atomic E-state index is 0.666. The summed E-state index contributed by atoms with van der Waals surface area (Å²) in [5, 5.41) is 1.33. The van der Waals surface area contributed by atoms with Crippen molar-refractivity contribution < 1.29 is 4.74 Å². The highest BCUT2D eigenvalue weighted by atomic mass is 16.5. The summed E-state index contributed by atoms with van der Waals surface area (Å²) in [5.41, 5.74) is 2.68. The van der Waals surface area contributed by atoms with E-state index in [1.165, 1.54) is 42.4 Å². The van der Waals surface area contributed by atoms with Gasteiger partial charge in [0, 0.05) is 23.1 Å². The van der Waals surface area contributed by atoms with Gasteiger partial charge < -0.3 is 14.6 Å². The van der Waals surface area contributed by atoms with Crippen molar-refractivity contribution in [3.05, 3.63) is 30.0 Å². The Bertz CT molecular complexity index is 580. The molecule has 0 radical (unpaired) electrons. The highest BCUT2D eigenvalue weighted by Gasteiger charge is 2.23. The molecule has 2 heterocycles. The van der Waals surface area contributed by atoms with E-state index in [-0.39, 0.29) is 0 Å². The number of benzene rings is 1. The molecule has 1 aromatic heterocycles. The fraction of sp³-hybridized carbons (Fsp3) is 0.529. The topological polar surface area (TPSA) is 28.3 Å². The van der Waals surface area contributed by atoms with Gasteiger partial charge in [0.2, 0.25) is 0 Å². The lowest BCUT2D eigenvalue weighted by molar-refractivity contribution is 0.172. The summed E-state index contributed by atoms with van der Waals surface area (Å²) in [6, 6.07) is 6.96. The maximum atomic E-state index is 5.36. The Morgan fingerprint density at radius 2 is 2.00 bits per heavy atom. The molecular weight excluding hydrogens is 248 g/mol. The standard InChI is InChI=1S/C17H24N2O/c1-12(2)19-8-6-13(7-9-19)16-11-18-17-5-4-14(20-3)10-15(16)17/h4-5,10-13,18H,6-9H2,1-3H3. The number of methoxy groups -OCH3 is 1. The largest absolute Gasteiger partial charge is 0.497 e.